The van der Waals surface area contributed by atoms with E-state index in [1.165, 1.54) is 0 Å². The number of Topliss-reactive ketones (excluding diaryl/α,β-unsaturated/α-hetero) is 1. The summed E-state index contributed by atoms with van der Waals surface area (Å²) in [7, 11) is 1.89. The van der Waals surface area contributed by atoms with Gasteiger partial charge >= 0.3 is 0 Å². The van der Waals surface area contributed by atoms with Crippen LogP contribution in [0.3, 0.4) is 0 Å². The summed E-state index contributed by atoms with van der Waals surface area (Å²) < 4.78 is 3.80. The minimum Gasteiger partial charge on any atom is -0.374 e. The van der Waals surface area contributed by atoms with E-state index in [4.69, 9.17) is 0 Å². The second kappa shape index (κ2) is 11.6. The predicted molar refractivity (Wildman–Crippen MR) is 125 cm³/mol. The molecule has 4 heterocycles. The molecule has 0 saturated carbocycles. The number of aliphatic hydroxyl groups excluding tert-OH is 1. The number of aryl methyl sites for hydroxylation is 2. The first-order valence-electron chi connectivity index (χ1n) is 11.4. The molecule has 0 fully saturated rings. The van der Waals surface area contributed by atoms with E-state index >= 15 is 0 Å². The van der Waals surface area contributed by atoms with Gasteiger partial charge in [-0.05, 0) is 25.7 Å². The quantitative estimate of drug-likeness (QED) is 0.624. The van der Waals surface area contributed by atoms with Crippen LogP contribution in [0.4, 0.5) is 5.82 Å². The summed E-state index contributed by atoms with van der Waals surface area (Å²) in [5.74, 6) is 2.91. The van der Waals surface area contributed by atoms with Gasteiger partial charge in [0.05, 0.1) is 6.20 Å². The van der Waals surface area contributed by atoms with Gasteiger partial charge in [-0.2, -0.15) is 5.10 Å². The molecule has 2 aliphatic heterocycles. The fraction of sp³-hybridized carbons (Fsp3) is 0.500. The molecule has 1 aromatic carbocycles. The van der Waals surface area contributed by atoms with Crippen molar-refractivity contribution in [2.45, 2.75) is 71.2 Å². The molecule has 1 N–H and O–H groups in total. The van der Waals surface area contributed by atoms with Gasteiger partial charge in [0.1, 0.15) is 17.9 Å². The molecule has 172 valence electrons. The molecule has 2 atom stereocenters. The molecule has 3 aromatic rings. The van der Waals surface area contributed by atoms with Crippen molar-refractivity contribution in [3.05, 3.63) is 60.3 Å². The summed E-state index contributed by atoms with van der Waals surface area (Å²) in [5, 5.41) is 18.0. The average molecular weight is 439 g/mol. The highest BCUT2D eigenvalue weighted by atomic mass is 16.3. The van der Waals surface area contributed by atoms with Crippen molar-refractivity contribution in [1.29, 1.82) is 0 Å². The van der Waals surface area contributed by atoms with E-state index in [0.717, 1.165) is 50.4 Å². The number of ketones is 1. The molecule has 8 nitrogen and oxygen atoms in total. The van der Waals surface area contributed by atoms with Crippen LogP contribution in [0.5, 0.6) is 0 Å². The van der Waals surface area contributed by atoms with Gasteiger partial charge in [0.15, 0.2) is 0 Å². The number of aliphatic hydroxyl groups is 1. The fourth-order valence-corrected chi connectivity index (χ4v) is 3.74. The Morgan fingerprint density at radius 2 is 1.78 bits per heavy atom. The molecule has 0 saturated heterocycles. The number of rotatable bonds is 3. The second-order valence-electron chi connectivity index (χ2n) is 8.18. The lowest BCUT2D eigenvalue weighted by Crippen LogP contribution is -2.30. The summed E-state index contributed by atoms with van der Waals surface area (Å²) in [6.07, 6.45) is 5.72. The Morgan fingerprint density at radius 1 is 1.09 bits per heavy atom. The van der Waals surface area contributed by atoms with Gasteiger partial charge in [0, 0.05) is 38.5 Å². The number of aromatic nitrogens is 5. The number of fused-ring (bicyclic) bond motifs is 2. The number of carbonyl (C=O) groups is 1. The topological polar surface area (TPSA) is 89.1 Å². The van der Waals surface area contributed by atoms with Crippen molar-refractivity contribution in [3.63, 3.8) is 0 Å². The van der Waals surface area contributed by atoms with Crippen LogP contribution < -0.4 is 4.90 Å². The lowest BCUT2D eigenvalue weighted by Gasteiger charge is -2.22. The summed E-state index contributed by atoms with van der Waals surface area (Å²) in [4.78, 5) is 17.7. The first-order valence-corrected chi connectivity index (χ1v) is 11.4. The standard InChI is InChI=1S/C10H15N3O.C8H13N3O.C6H6/c1-3-4-8(14)9-11-10-7(2)5-6-13(10)12-9;1-10-7-4-5-9-11(7)6-2-3-8(10)12;1-2-4-6-5-3-1/h7H,3-6H2,1-2H3;4-5,8,12H,2-3,6H2,1H3;1-6H. The normalized spacial score (nSPS) is 18.9. The Kier molecular flexibility index (Phi) is 8.56. The number of benzene rings is 1. The third-order valence-electron chi connectivity index (χ3n) is 5.64. The number of anilines is 1. The zero-order valence-corrected chi connectivity index (χ0v) is 19.3. The molecule has 0 amide bonds. The van der Waals surface area contributed by atoms with E-state index in [1.807, 2.05) is 70.7 Å². The van der Waals surface area contributed by atoms with E-state index in [2.05, 4.69) is 22.1 Å². The molecular formula is C24H34N6O2. The minimum atomic E-state index is -0.358. The number of hydrogen-bond acceptors (Lipinski definition) is 6. The van der Waals surface area contributed by atoms with Crippen LogP contribution in [0, 0.1) is 0 Å². The first-order chi connectivity index (χ1) is 15.5. The van der Waals surface area contributed by atoms with Crippen molar-refractivity contribution < 1.29 is 9.90 Å². The van der Waals surface area contributed by atoms with E-state index in [1.54, 1.807) is 6.20 Å². The Bertz CT molecular complexity index is 941. The van der Waals surface area contributed by atoms with E-state index in [9.17, 15) is 9.90 Å². The van der Waals surface area contributed by atoms with Gasteiger partial charge in [-0.3, -0.25) is 4.79 Å². The fourth-order valence-electron chi connectivity index (χ4n) is 3.74. The molecule has 5 rings (SSSR count). The average Bonchev–Trinajstić information content (AvgIpc) is 3.51. The number of nitrogens with zero attached hydrogens (tertiary/aromatic N) is 6. The molecule has 2 unspecified atom stereocenters. The Balaban J connectivity index is 0.000000146. The molecular weight excluding hydrogens is 404 g/mol. The zero-order chi connectivity index (χ0) is 22.9. The maximum Gasteiger partial charge on any atom is 0.217 e. The zero-order valence-electron chi connectivity index (χ0n) is 19.3. The van der Waals surface area contributed by atoms with Crippen molar-refractivity contribution in [2.24, 2.45) is 0 Å². The van der Waals surface area contributed by atoms with Gasteiger partial charge < -0.3 is 10.0 Å². The Labute approximate surface area is 189 Å². The van der Waals surface area contributed by atoms with Crippen LogP contribution in [0.2, 0.25) is 0 Å². The van der Waals surface area contributed by atoms with Crippen molar-refractivity contribution in [2.75, 3.05) is 11.9 Å². The van der Waals surface area contributed by atoms with Gasteiger partial charge in [-0.1, -0.05) is 50.2 Å². The van der Waals surface area contributed by atoms with Crippen LogP contribution in [0.25, 0.3) is 0 Å². The highest BCUT2D eigenvalue weighted by Crippen LogP contribution is 2.25. The van der Waals surface area contributed by atoms with Crippen LogP contribution in [0.1, 0.15) is 68.3 Å². The third kappa shape index (κ3) is 6.03. The Morgan fingerprint density at radius 3 is 2.41 bits per heavy atom. The van der Waals surface area contributed by atoms with Crippen molar-refractivity contribution in [1.82, 2.24) is 24.5 Å². The molecule has 8 heteroatoms. The van der Waals surface area contributed by atoms with E-state index in [0.29, 0.717) is 18.2 Å². The molecule has 2 aromatic heterocycles. The van der Waals surface area contributed by atoms with Crippen molar-refractivity contribution in [3.8, 4) is 0 Å². The second-order valence-corrected chi connectivity index (χ2v) is 8.18. The lowest BCUT2D eigenvalue weighted by atomic mass is 10.1. The first kappa shape index (κ1) is 23.7. The highest BCUT2D eigenvalue weighted by molar-refractivity contribution is 5.92. The highest BCUT2D eigenvalue weighted by Gasteiger charge is 2.24. The predicted octanol–water partition coefficient (Wildman–Crippen LogP) is 3.89. The van der Waals surface area contributed by atoms with Gasteiger partial charge in [-0.25, -0.2) is 14.3 Å². The van der Waals surface area contributed by atoms with Gasteiger partial charge in [-0.15, -0.1) is 5.10 Å². The molecule has 2 aliphatic rings. The summed E-state index contributed by atoms with van der Waals surface area (Å²) in [6.45, 7) is 5.93. The number of carbonyl (C=O) groups excluding carboxylic acids is 1. The molecule has 0 radical (unpaired) electrons. The maximum absolute atomic E-state index is 11.5. The van der Waals surface area contributed by atoms with Crippen LogP contribution >= 0.6 is 0 Å². The molecule has 0 bridgehead atoms. The Hall–Kier alpha value is -3.00. The van der Waals surface area contributed by atoms with E-state index in [-0.39, 0.29) is 12.0 Å². The SMILES string of the molecule is CCCC(=O)c1nc2n(n1)CCC2C.CN1c2ccnn2CCCC1O.c1ccccc1. The van der Waals surface area contributed by atoms with Crippen molar-refractivity contribution >= 4 is 11.6 Å². The van der Waals surface area contributed by atoms with E-state index < -0.39 is 0 Å². The number of hydrogen-bond donors (Lipinski definition) is 1. The smallest absolute Gasteiger partial charge is 0.217 e. The largest absolute Gasteiger partial charge is 0.374 e. The van der Waals surface area contributed by atoms with Gasteiger partial charge in [0.25, 0.3) is 0 Å². The summed E-state index contributed by atoms with van der Waals surface area (Å²) in [6, 6.07) is 13.9. The summed E-state index contributed by atoms with van der Waals surface area (Å²) in [5.41, 5.74) is 0. The third-order valence-corrected chi connectivity index (χ3v) is 5.64. The van der Waals surface area contributed by atoms with Crippen LogP contribution in [-0.4, -0.2) is 48.7 Å². The van der Waals surface area contributed by atoms with Crippen LogP contribution in [-0.2, 0) is 13.1 Å². The maximum atomic E-state index is 11.5. The minimum absolute atomic E-state index is 0.0709. The van der Waals surface area contributed by atoms with Crippen LogP contribution in [0.15, 0.2) is 48.7 Å². The molecule has 0 spiro atoms. The monoisotopic (exact) mass is 438 g/mol. The molecule has 32 heavy (non-hydrogen) atoms. The summed E-state index contributed by atoms with van der Waals surface area (Å²) >= 11 is 0. The van der Waals surface area contributed by atoms with Gasteiger partial charge in [0.2, 0.25) is 11.6 Å². The molecule has 0 aliphatic carbocycles. The lowest BCUT2D eigenvalue weighted by molar-refractivity contribution is 0.0971.